The molecule has 1 amide bonds. The monoisotopic (exact) mass is 381 g/mol. The number of carbonyl (C=O) groups excluding carboxylic acids is 1. The average Bonchev–Trinajstić information content (AvgIpc) is 2.61. The first kappa shape index (κ1) is 15.8. The fourth-order valence-electron chi connectivity index (χ4n) is 2.73. The maximum absolute atomic E-state index is 12.4. The smallest absolute Gasteiger partial charge is 0.410 e. The quantitative estimate of drug-likeness (QED) is 0.615. The zero-order valence-electron chi connectivity index (χ0n) is 13.1. The molecule has 22 heavy (non-hydrogen) atoms. The Bertz CT molecular complexity index is 717. The Kier molecular flexibility index (Phi) is 4.21. The summed E-state index contributed by atoms with van der Waals surface area (Å²) in [6, 6.07) is 6.38. The Morgan fingerprint density at radius 2 is 2.14 bits per heavy atom. The first-order valence-corrected chi connectivity index (χ1v) is 9.12. The molecule has 1 aliphatic rings. The summed E-state index contributed by atoms with van der Waals surface area (Å²) < 4.78 is 7.91. The van der Waals surface area contributed by atoms with E-state index >= 15 is 0 Å². The van der Waals surface area contributed by atoms with E-state index in [0.717, 1.165) is 23.9 Å². The van der Waals surface area contributed by atoms with Crippen molar-refractivity contribution in [2.75, 3.05) is 6.54 Å². The number of nitrogens with zero attached hydrogens (tertiary/aromatic N) is 1. The first-order valence-electron chi connectivity index (χ1n) is 7.51. The van der Waals surface area contributed by atoms with Gasteiger partial charge in [0.05, 0.1) is 6.54 Å². The largest absolute Gasteiger partial charge is 0.444 e. The Morgan fingerprint density at radius 1 is 1.36 bits per heavy atom. The second-order valence-electron chi connectivity index (χ2n) is 6.65. The number of carbonyl (C=O) groups is 1. The number of aryl methyl sites for hydroxylation is 1. The summed E-state index contributed by atoms with van der Waals surface area (Å²) in [5.74, 6) is 0. The molecule has 0 saturated carbocycles. The summed E-state index contributed by atoms with van der Waals surface area (Å²) in [4.78, 5) is 15.6. The predicted molar refractivity (Wildman–Crippen MR) is 94.5 cm³/mol. The van der Waals surface area contributed by atoms with Gasteiger partial charge in [-0.15, -0.1) is 11.3 Å². The Labute approximate surface area is 143 Å². The lowest BCUT2D eigenvalue weighted by Gasteiger charge is -2.26. The lowest BCUT2D eigenvalue weighted by molar-refractivity contribution is 0.0237. The van der Waals surface area contributed by atoms with Gasteiger partial charge in [0.2, 0.25) is 0 Å². The van der Waals surface area contributed by atoms with E-state index in [1.54, 1.807) is 0 Å². The van der Waals surface area contributed by atoms with Crippen molar-refractivity contribution in [3.8, 4) is 0 Å². The van der Waals surface area contributed by atoms with Gasteiger partial charge in [0.25, 0.3) is 0 Å². The fourth-order valence-corrected chi connectivity index (χ4v) is 4.33. The SMILES string of the molecule is CC(C)(C)OC(=O)N1CCCc2sc3ccc(Br)cc3c2C1. The molecule has 2 heterocycles. The number of amides is 1. The number of hydrogen-bond acceptors (Lipinski definition) is 3. The highest BCUT2D eigenvalue weighted by atomic mass is 79.9. The van der Waals surface area contributed by atoms with Gasteiger partial charge in [-0.3, -0.25) is 0 Å². The summed E-state index contributed by atoms with van der Waals surface area (Å²) >= 11 is 5.40. The van der Waals surface area contributed by atoms with E-state index in [1.165, 1.54) is 20.5 Å². The fraction of sp³-hybridized carbons (Fsp3) is 0.471. The maximum atomic E-state index is 12.4. The van der Waals surface area contributed by atoms with Gasteiger partial charge in [0.1, 0.15) is 5.60 Å². The molecule has 3 rings (SSSR count). The number of ether oxygens (including phenoxy) is 1. The van der Waals surface area contributed by atoms with Crippen LogP contribution in [0.15, 0.2) is 22.7 Å². The highest BCUT2D eigenvalue weighted by molar-refractivity contribution is 9.10. The lowest BCUT2D eigenvalue weighted by Crippen LogP contribution is -2.36. The molecule has 5 heteroatoms. The summed E-state index contributed by atoms with van der Waals surface area (Å²) in [5, 5.41) is 1.25. The number of fused-ring (bicyclic) bond motifs is 3. The molecular formula is C17H20BrNO2S. The summed E-state index contributed by atoms with van der Waals surface area (Å²) in [6.45, 7) is 7.12. The third kappa shape index (κ3) is 3.30. The van der Waals surface area contributed by atoms with Crippen LogP contribution in [0.1, 0.15) is 37.6 Å². The molecule has 0 N–H and O–H groups in total. The molecule has 0 radical (unpaired) electrons. The van der Waals surface area contributed by atoms with E-state index in [-0.39, 0.29) is 6.09 Å². The molecule has 0 bridgehead atoms. The minimum Gasteiger partial charge on any atom is -0.444 e. The van der Waals surface area contributed by atoms with E-state index in [1.807, 2.05) is 37.0 Å². The molecule has 0 aliphatic carbocycles. The zero-order valence-corrected chi connectivity index (χ0v) is 15.5. The average molecular weight is 382 g/mol. The van der Waals surface area contributed by atoms with Gasteiger partial charge >= 0.3 is 6.09 Å². The van der Waals surface area contributed by atoms with Crippen molar-refractivity contribution in [1.29, 1.82) is 0 Å². The predicted octanol–water partition coefficient (Wildman–Crippen LogP) is 5.35. The molecule has 1 aromatic heterocycles. The van der Waals surface area contributed by atoms with E-state index in [0.29, 0.717) is 6.54 Å². The van der Waals surface area contributed by atoms with Crippen molar-refractivity contribution < 1.29 is 9.53 Å². The van der Waals surface area contributed by atoms with Crippen LogP contribution < -0.4 is 0 Å². The zero-order chi connectivity index (χ0) is 15.9. The topological polar surface area (TPSA) is 29.5 Å². The number of hydrogen-bond donors (Lipinski definition) is 0. The van der Waals surface area contributed by atoms with Crippen molar-refractivity contribution in [2.24, 2.45) is 0 Å². The molecule has 1 aromatic carbocycles. The van der Waals surface area contributed by atoms with Crippen LogP contribution in [0, 0.1) is 0 Å². The molecule has 3 nitrogen and oxygen atoms in total. The van der Waals surface area contributed by atoms with E-state index in [2.05, 4.69) is 34.1 Å². The van der Waals surface area contributed by atoms with Crippen LogP contribution in [0.4, 0.5) is 4.79 Å². The minimum absolute atomic E-state index is 0.213. The summed E-state index contributed by atoms with van der Waals surface area (Å²) in [6.07, 6.45) is 1.81. The van der Waals surface area contributed by atoms with E-state index < -0.39 is 5.60 Å². The van der Waals surface area contributed by atoms with Gasteiger partial charge in [-0.05, 0) is 62.8 Å². The highest BCUT2D eigenvalue weighted by Gasteiger charge is 2.26. The summed E-state index contributed by atoms with van der Waals surface area (Å²) in [5.41, 5.74) is 0.830. The van der Waals surface area contributed by atoms with Gasteiger partial charge in [-0.1, -0.05) is 15.9 Å². The minimum atomic E-state index is -0.452. The van der Waals surface area contributed by atoms with Crippen molar-refractivity contribution in [3.63, 3.8) is 0 Å². The number of halogens is 1. The summed E-state index contributed by atoms with van der Waals surface area (Å²) in [7, 11) is 0. The van der Waals surface area contributed by atoms with Gasteiger partial charge in [-0.25, -0.2) is 4.79 Å². The maximum Gasteiger partial charge on any atom is 0.410 e. The Morgan fingerprint density at radius 3 is 2.86 bits per heavy atom. The molecule has 118 valence electrons. The first-order chi connectivity index (χ1) is 10.3. The standard InChI is InChI=1S/C17H20BrNO2S/c1-17(2,3)21-16(20)19-8-4-5-14-13(10-19)12-9-11(18)6-7-15(12)22-14/h6-7,9H,4-5,8,10H2,1-3H3. The molecule has 0 atom stereocenters. The van der Waals surface area contributed by atoms with Crippen LogP contribution in [0.2, 0.25) is 0 Å². The number of benzene rings is 1. The molecule has 0 saturated heterocycles. The van der Waals surface area contributed by atoms with Crippen LogP contribution in [0.5, 0.6) is 0 Å². The third-order valence-corrected chi connectivity index (χ3v) is 5.44. The van der Waals surface area contributed by atoms with E-state index in [4.69, 9.17) is 4.74 Å². The van der Waals surface area contributed by atoms with Gasteiger partial charge in [0.15, 0.2) is 0 Å². The third-order valence-electron chi connectivity index (χ3n) is 3.67. The molecule has 0 unspecified atom stereocenters. The van der Waals surface area contributed by atoms with Crippen molar-refractivity contribution in [3.05, 3.63) is 33.1 Å². The molecule has 1 aliphatic heterocycles. The van der Waals surface area contributed by atoms with E-state index in [9.17, 15) is 4.79 Å². The highest BCUT2D eigenvalue weighted by Crippen LogP contribution is 2.36. The molecule has 0 spiro atoms. The van der Waals surface area contributed by atoms with Crippen molar-refractivity contribution in [2.45, 2.75) is 45.8 Å². The van der Waals surface area contributed by atoms with Crippen LogP contribution in [-0.4, -0.2) is 23.1 Å². The molecule has 2 aromatic rings. The molecular weight excluding hydrogens is 362 g/mol. The van der Waals surface area contributed by atoms with Crippen molar-refractivity contribution >= 4 is 43.4 Å². The van der Waals surface area contributed by atoms with Crippen LogP contribution in [0.25, 0.3) is 10.1 Å². The van der Waals surface area contributed by atoms with Crippen molar-refractivity contribution in [1.82, 2.24) is 4.90 Å². The van der Waals surface area contributed by atoms with Gasteiger partial charge < -0.3 is 9.64 Å². The van der Waals surface area contributed by atoms with Crippen LogP contribution in [0.3, 0.4) is 0 Å². The van der Waals surface area contributed by atoms with Gasteiger partial charge in [-0.2, -0.15) is 0 Å². The lowest BCUT2D eigenvalue weighted by atomic mass is 10.1. The normalized spacial score (nSPS) is 15.5. The Balaban J connectivity index is 1.93. The Hall–Kier alpha value is -1.07. The number of thiophene rings is 1. The second kappa shape index (κ2) is 5.85. The number of rotatable bonds is 0. The van der Waals surface area contributed by atoms with Crippen LogP contribution >= 0.6 is 27.3 Å². The van der Waals surface area contributed by atoms with Crippen LogP contribution in [-0.2, 0) is 17.7 Å². The second-order valence-corrected chi connectivity index (χ2v) is 8.70. The van der Waals surface area contributed by atoms with Gasteiger partial charge in [0, 0.05) is 20.6 Å². The molecule has 0 fully saturated rings.